The molecule has 1 N–H and O–H groups in total. The van der Waals surface area contributed by atoms with Crippen LogP contribution in [0.4, 0.5) is 11.4 Å². The van der Waals surface area contributed by atoms with Crippen molar-refractivity contribution in [2.24, 2.45) is 0 Å². The summed E-state index contributed by atoms with van der Waals surface area (Å²) in [5, 5.41) is 6.90. The van der Waals surface area contributed by atoms with Crippen LogP contribution >= 0.6 is 11.8 Å². The Morgan fingerprint density at radius 1 is 1.11 bits per heavy atom. The SMILES string of the molecule is CCN(CC)c1ccc(NC(=O)c2ccccc2SCc2cc(C)no2)cc1. The largest absolute Gasteiger partial charge is 0.372 e. The van der Waals surface area contributed by atoms with Gasteiger partial charge >= 0.3 is 0 Å². The van der Waals surface area contributed by atoms with Crippen LogP contribution in [-0.4, -0.2) is 24.2 Å². The van der Waals surface area contributed by atoms with E-state index in [1.54, 1.807) is 11.8 Å². The van der Waals surface area contributed by atoms with Crippen molar-refractivity contribution in [3.63, 3.8) is 0 Å². The Kier molecular flexibility index (Phi) is 6.76. The van der Waals surface area contributed by atoms with Gasteiger partial charge in [0.25, 0.3) is 5.91 Å². The highest BCUT2D eigenvalue weighted by Crippen LogP contribution is 2.27. The number of aryl methyl sites for hydroxylation is 1. The van der Waals surface area contributed by atoms with Crippen LogP contribution in [0.25, 0.3) is 0 Å². The Labute approximate surface area is 170 Å². The highest BCUT2D eigenvalue weighted by atomic mass is 32.2. The number of benzene rings is 2. The van der Waals surface area contributed by atoms with Crippen molar-refractivity contribution in [2.75, 3.05) is 23.3 Å². The minimum Gasteiger partial charge on any atom is -0.372 e. The number of nitrogens with one attached hydrogen (secondary N) is 1. The molecule has 0 bridgehead atoms. The van der Waals surface area contributed by atoms with Gasteiger partial charge < -0.3 is 14.7 Å². The topological polar surface area (TPSA) is 58.4 Å². The summed E-state index contributed by atoms with van der Waals surface area (Å²) >= 11 is 1.56. The van der Waals surface area contributed by atoms with E-state index < -0.39 is 0 Å². The van der Waals surface area contributed by atoms with Crippen molar-refractivity contribution in [2.45, 2.75) is 31.4 Å². The van der Waals surface area contributed by atoms with E-state index in [4.69, 9.17) is 4.52 Å². The molecule has 1 heterocycles. The molecule has 3 aromatic rings. The number of aromatic nitrogens is 1. The van der Waals surface area contributed by atoms with Crippen molar-refractivity contribution >= 4 is 29.0 Å². The monoisotopic (exact) mass is 395 g/mol. The first kappa shape index (κ1) is 20.0. The second kappa shape index (κ2) is 9.46. The average molecular weight is 396 g/mol. The molecule has 0 fully saturated rings. The normalized spacial score (nSPS) is 10.7. The Bertz CT molecular complexity index is 918. The fourth-order valence-corrected chi connectivity index (χ4v) is 3.88. The van der Waals surface area contributed by atoms with E-state index in [9.17, 15) is 4.79 Å². The molecule has 28 heavy (non-hydrogen) atoms. The molecule has 0 aliphatic heterocycles. The van der Waals surface area contributed by atoms with Crippen molar-refractivity contribution in [1.29, 1.82) is 0 Å². The van der Waals surface area contributed by atoms with Gasteiger partial charge in [-0.2, -0.15) is 0 Å². The molecule has 0 aliphatic rings. The third-order valence-electron chi connectivity index (χ3n) is 4.43. The first-order valence-electron chi connectivity index (χ1n) is 9.41. The van der Waals surface area contributed by atoms with Crippen molar-refractivity contribution in [1.82, 2.24) is 5.16 Å². The van der Waals surface area contributed by atoms with Crippen LogP contribution in [0, 0.1) is 6.92 Å². The summed E-state index contributed by atoms with van der Waals surface area (Å²) in [6.45, 7) is 8.07. The van der Waals surface area contributed by atoms with Crippen LogP contribution < -0.4 is 10.2 Å². The molecule has 0 unspecified atom stereocenters. The van der Waals surface area contributed by atoms with Crippen LogP contribution in [0.3, 0.4) is 0 Å². The zero-order valence-electron chi connectivity index (χ0n) is 16.4. The summed E-state index contributed by atoms with van der Waals surface area (Å²) < 4.78 is 5.26. The number of carbonyl (C=O) groups excluding carboxylic acids is 1. The van der Waals surface area contributed by atoms with Gasteiger partial charge in [-0.3, -0.25) is 4.79 Å². The van der Waals surface area contributed by atoms with Crippen molar-refractivity contribution < 1.29 is 9.32 Å². The number of nitrogens with zero attached hydrogens (tertiary/aromatic N) is 2. The van der Waals surface area contributed by atoms with Crippen LogP contribution in [0.15, 0.2) is 64.0 Å². The predicted octanol–water partition coefficient (Wildman–Crippen LogP) is 5.37. The van der Waals surface area contributed by atoms with Gasteiger partial charge in [-0.05, 0) is 57.2 Å². The number of hydrogen-bond acceptors (Lipinski definition) is 5. The Morgan fingerprint density at radius 2 is 1.82 bits per heavy atom. The molecule has 1 aromatic heterocycles. The highest BCUT2D eigenvalue weighted by molar-refractivity contribution is 7.98. The summed E-state index contributed by atoms with van der Waals surface area (Å²) in [5.41, 5.74) is 3.44. The lowest BCUT2D eigenvalue weighted by molar-refractivity contribution is 0.102. The maximum atomic E-state index is 12.8. The van der Waals surface area contributed by atoms with Gasteiger partial charge in [0.1, 0.15) is 5.76 Å². The number of anilines is 2. The molecular weight excluding hydrogens is 370 g/mol. The molecule has 146 valence electrons. The third-order valence-corrected chi connectivity index (χ3v) is 5.53. The molecule has 0 saturated carbocycles. The minimum absolute atomic E-state index is 0.118. The molecule has 5 nitrogen and oxygen atoms in total. The summed E-state index contributed by atoms with van der Waals surface area (Å²) in [6.07, 6.45) is 0. The molecule has 0 radical (unpaired) electrons. The predicted molar refractivity (Wildman–Crippen MR) is 115 cm³/mol. The molecular formula is C22H25N3O2S. The van der Waals surface area contributed by atoms with Crippen molar-refractivity contribution in [3.05, 3.63) is 71.6 Å². The van der Waals surface area contributed by atoms with Crippen molar-refractivity contribution in [3.8, 4) is 0 Å². The van der Waals surface area contributed by atoms with E-state index in [0.717, 1.165) is 40.8 Å². The highest BCUT2D eigenvalue weighted by Gasteiger charge is 2.13. The molecule has 0 atom stereocenters. The van der Waals surface area contributed by atoms with Gasteiger partial charge in [0.2, 0.25) is 0 Å². The lowest BCUT2D eigenvalue weighted by Crippen LogP contribution is -2.21. The first-order valence-corrected chi connectivity index (χ1v) is 10.4. The van der Waals surface area contributed by atoms with Gasteiger partial charge in [0.15, 0.2) is 0 Å². The van der Waals surface area contributed by atoms with Gasteiger partial charge in [-0.1, -0.05) is 17.3 Å². The second-order valence-corrected chi connectivity index (χ2v) is 7.41. The maximum absolute atomic E-state index is 12.8. The summed E-state index contributed by atoms with van der Waals surface area (Å²) in [7, 11) is 0. The van der Waals surface area contributed by atoms with E-state index >= 15 is 0 Å². The van der Waals surface area contributed by atoms with Gasteiger partial charge in [-0.25, -0.2) is 0 Å². The van der Waals surface area contributed by atoms with E-state index in [-0.39, 0.29) is 5.91 Å². The molecule has 3 rings (SSSR count). The summed E-state index contributed by atoms with van der Waals surface area (Å²) in [5.74, 6) is 1.31. The zero-order valence-corrected chi connectivity index (χ0v) is 17.3. The molecule has 0 aliphatic carbocycles. The summed E-state index contributed by atoms with van der Waals surface area (Å²) in [6, 6.07) is 17.5. The first-order chi connectivity index (χ1) is 13.6. The fraction of sp³-hybridized carbons (Fsp3) is 0.273. The molecule has 1 amide bonds. The maximum Gasteiger partial charge on any atom is 0.256 e. The second-order valence-electron chi connectivity index (χ2n) is 6.39. The van der Waals surface area contributed by atoms with Gasteiger partial charge in [0.05, 0.1) is 17.0 Å². The van der Waals surface area contributed by atoms with Gasteiger partial charge in [-0.15, -0.1) is 11.8 Å². The standard InChI is InChI=1S/C22H25N3O2S/c1-4-25(5-2)18-12-10-17(11-13-18)23-22(26)20-8-6-7-9-21(20)28-15-19-14-16(3)24-27-19/h6-14H,4-5,15H2,1-3H3,(H,23,26). The lowest BCUT2D eigenvalue weighted by Gasteiger charge is -2.21. The molecule has 0 spiro atoms. The lowest BCUT2D eigenvalue weighted by atomic mass is 10.2. The van der Waals surface area contributed by atoms with Crippen LogP contribution in [0.5, 0.6) is 0 Å². The molecule has 0 saturated heterocycles. The quantitative estimate of drug-likeness (QED) is 0.519. The number of amides is 1. The fourth-order valence-electron chi connectivity index (χ4n) is 2.96. The number of rotatable bonds is 8. The summed E-state index contributed by atoms with van der Waals surface area (Å²) in [4.78, 5) is 16.0. The van der Waals surface area contributed by atoms with Crippen LogP contribution in [0.2, 0.25) is 0 Å². The zero-order chi connectivity index (χ0) is 19.9. The van der Waals surface area contributed by atoms with Crippen LogP contribution in [0.1, 0.15) is 35.7 Å². The number of hydrogen-bond donors (Lipinski definition) is 1. The molecule has 2 aromatic carbocycles. The Hall–Kier alpha value is -2.73. The van der Waals surface area contributed by atoms with Crippen LogP contribution in [-0.2, 0) is 5.75 Å². The van der Waals surface area contributed by atoms with E-state index in [2.05, 4.69) is 29.2 Å². The van der Waals surface area contributed by atoms with E-state index in [1.807, 2.05) is 61.5 Å². The van der Waals surface area contributed by atoms with E-state index in [0.29, 0.717) is 11.3 Å². The average Bonchev–Trinajstić information content (AvgIpc) is 3.14. The Balaban J connectivity index is 1.68. The third kappa shape index (κ3) is 4.95. The Morgan fingerprint density at radius 3 is 2.46 bits per heavy atom. The van der Waals surface area contributed by atoms with E-state index in [1.165, 1.54) is 0 Å². The smallest absolute Gasteiger partial charge is 0.256 e. The van der Waals surface area contributed by atoms with Gasteiger partial charge in [0, 0.05) is 35.4 Å². The number of thioether (sulfide) groups is 1. The minimum atomic E-state index is -0.118. The number of carbonyl (C=O) groups is 1. The molecule has 6 heteroatoms.